The number of nitrogens with zero attached hydrogens (tertiary/aromatic N) is 1. The first-order valence-corrected chi connectivity index (χ1v) is 5.24. The van der Waals surface area contributed by atoms with Crippen LogP contribution in [0.5, 0.6) is 0 Å². The van der Waals surface area contributed by atoms with Crippen LogP contribution in [0, 0.1) is 0 Å². The van der Waals surface area contributed by atoms with Gasteiger partial charge in [0.15, 0.2) is 0 Å². The number of carbonyl (C=O) groups excluding carboxylic acids is 2. The summed E-state index contributed by atoms with van der Waals surface area (Å²) in [5, 5.41) is 5.34. The molecule has 1 aromatic carbocycles. The molecule has 2 N–H and O–H groups in total. The average molecular weight is 231 g/mol. The van der Waals surface area contributed by atoms with Crippen LogP contribution in [0.15, 0.2) is 42.6 Å². The van der Waals surface area contributed by atoms with Gasteiger partial charge in [-0.1, -0.05) is 18.2 Å². The molecule has 0 saturated carbocycles. The third kappa shape index (κ3) is 2.63. The highest BCUT2D eigenvalue weighted by Gasteiger charge is 2.18. The standard InChI is InChI=1S/C12H13N3O2/c1-15-8-7-10(14-12(15)17)13-11(16)9-5-3-2-4-6-9/h2-8,10H,1H3,(H,13,16)(H,14,17). The number of nitrogens with one attached hydrogen (secondary N) is 2. The fourth-order valence-electron chi connectivity index (χ4n) is 1.46. The lowest BCUT2D eigenvalue weighted by Crippen LogP contribution is -2.52. The van der Waals surface area contributed by atoms with Gasteiger partial charge in [-0.05, 0) is 18.2 Å². The molecule has 1 aromatic rings. The second-order valence-corrected chi connectivity index (χ2v) is 3.72. The summed E-state index contributed by atoms with van der Waals surface area (Å²) in [7, 11) is 1.64. The smallest absolute Gasteiger partial charge is 0.322 e. The van der Waals surface area contributed by atoms with Crippen molar-refractivity contribution in [3.63, 3.8) is 0 Å². The normalized spacial score (nSPS) is 18.8. The van der Waals surface area contributed by atoms with Gasteiger partial charge in [-0.15, -0.1) is 0 Å². The summed E-state index contributed by atoms with van der Waals surface area (Å²) < 4.78 is 0. The van der Waals surface area contributed by atoms with Crippen LogP contribution in [0.25, 0.3) is 0 Å². The number of hydrogen-bond acceptors (Lipinski definition) is 2. The SMILES string of the molecule is CN1C=CC(NC(=O)c2ccccc2)NC1=O. The fraction of sp³-hybridized carbons (Fsp3) is 0.167. The maximum absolute atomic E-state index is 11.8. The third-order valence-corrected chi connectivity index (χ3v) is 2.42. The maximum atomic E-state index is 11.8. The first-order valence-electron chi connectivity index (χ1n) is 5.24. The van der Waals surface area contributed by atoms with E-state index in [9.17, 15) is 9.59 Å². The summed E-state index contributed by atoms with van der Waals surface area (Å²) in [5.74, 6) is -0.217. The Morgan fingerprint density at radius 1 is 1.35 bits per heavy atom. The van der Waals surface area contributed by atoms with Crippen molar-refractivity contribution in [3.05, 3.63) is 48.2 Å². The van der Waals surface area contributed by atoms with Gasteiger partial charge < -0.3 is 15.5 Å². The first kappa shape index (κ1) is 11.2. The molecule has 88 valence electrons. The zero-order valence-corrected chi connectivity index (χ0v) is 9.38. The van der Waals surface area contributed by atoms with E-state index >= 15 is 0 Å². The molecular formula is C12H13N3O2. The monoisotopic (exact) mass is 231 g/mol. The number of hydrogen-bond donors (Lipinski definition) is 2. The van der Waals surface area contributed by atoms with Gasteiger partial charge in [-0.3, -0.25) is 4.79 Å². The summed E-state index contributed by atoms with van der Waals surface area (Å²) in [6.07, 6.45) is 2.86. The van der Waals surface area contributed by atoms with Crippen LogP contribution in [0.2, 0.25) is 0 Å². The molecule has 0 bridgehead atoms. The molecule has 0 aromatic heterocycles. The minimum absolute atomic E-state index is 0.217. The van der Waals surface area contributed by atoms with Crippen molar-refractivity contribution in [3.8, 4) is 0 Å². The molecule has 17 heavy (non-hydrogen) atoms. The van der Waals surface area contributed by atoms with Gasteiger partial charge in [-0.2, -0.15) is 0 Å². The highest BCUT2D eigenvalue weighted by Crippen LogP contribution is 2.01. The molecule has 5 heteroatoms. The largest absolute Gasteiger partial charge is 0.328 e. The summed E-state index contributed by atoms with van der Waals surface area (Å²) in [6, 6.07) is 8.61. The zero-order chi connectivity index (χ0) is 12.3. The second kappa shape index (κ2) is 4.69. The third-order valence-electron chi connectivity index (χ3n) is 2.42. The van der Waals surface area contributed by atoms with Gasteiger partial charge in [0.1, 0.15) is 6.17 Å². The summed E-state index contributed by atoms with van der Waals surface area (Å²) in [4.78, 5) is 24.5. The number of rotatable bonds is 2. The topological polar surface area (TPSA) is 61.4 Å². The molecule has 3 amide bonds. The van der Waals surface area contributed by atoms with Crippen molar-refractivity contribution in [2.45, 2.75) is 6.17 Å². The van der Waals surface area contributed by atoms with Crippen LogP contribution in [0.1, 0.15) is 10.4 Å². The van der Waals surface area contributed by atoms with E-state index in [-0.39, 0.29) is 11.9 Å². The van der Waals surface area contributed by atoms with E-state index in [1.54, 1.807) is 43.6 Å². The van der Waals surface area contributed by atoms with Crippen LogP contribution in [-0.4, -0.2) is 30.1 Å². The molecule has 1 heterocycles. The van der Waals surface area contributed by atoms with Crippen LogP contribution in [0.4, 0.5) is 4.79 Å². The Bertz CT molecular complexity index is 456. The molecule has 1 atom stereocenters. The molecule has 1 aliphatic heterocycles. The van der Waals surface area contributed by atoms with E-state index < -0.39 is 6.17 Å². The van der Waals surface area contributed by atoms with Gasteiger partial charge in [0, 0.05) is 18.8 Å². The quantitative estimate of drug-likeness (QED) is 0.794. The lowest BCUT2D eigenvalue weighted by atomic mass is 10.2. The van der Waals surface area contributed by atoms with E-state index in [2.05, 4.69) is 10.6 Å². The predicted molar refractivity (Wildman–Crippen MR) is 63.1 cm³/mol. The number of amides is 3. The molecule has 0 saturated heterocycles. The fourth-order valence-corrected chi connectivity index (χ4v) is 1.46. The van der Waals surface area contributed by atoms with E-state index in [1.807, 2.05) is 6.07 Å². The Labute approximate surface area is 99.1 Å². The molecular weight excluding hydrogens is 218 g/mol. The van der Waals surface area contributed by atoms with Gasteiger partial charge in [0.05, 0.1) is 0 Å². The van der Waals surface area contributed by atoms with Crippen LogP contribution >= 0.6 is 0 Å². The van der Waals surface area contributed by atoms with Crippen molar-refractivity contribution in [2.75, 3.05) is 7.05 Å². The zero-order valence-electron chi connectivity index (χ0n) is 9.38. The molecule has 0 radical (unpaired) electrons. The minimum Gasteiger partial charge on any atom is -0.328 e. The van der Waals surface area contributed by atoms with Gasteiger partial charge in [0.25, 0.3) is 5.91 Å². The van der Waals surface area contributed by atoms with Crippen molar-refractivity contribution in [2.24, 2.45) is 0 Å². The summed E-state index contributed by atoms with van der Waals surface area (Å²) in [5.41, 5.74) is 0.564. The van der Waals surface area contributed by atoms with E-state index in [0.717, 1.165) is 0 Å². The van der Waals surface area contributed by atoms with Crippen molar-refractivity contribution < 1.29 is 9.59 Å². The summed E-state index contributed by atoms with van der Waals surface area (Å²) in [6.45, 7) is 0. The lowest BCUT2D eigenvalue weighted by Gasteiger charge is -2.25. The summed E-state index contributed by atoms with van der Waals surface area (Å²) >= 11 is 0. The van der Waals surface area contributed by atoms with E-state index in [1.165, 1.54) is 4.90 Å². The number of carbonyl (C=O) groups is 2. The molecule has 2 rings (SSSR count). The highest BCUT2D eigenvalue weighted by molar-refractivity contribution is 5.94. The van der Waals surface area contributed by atoms with Crippen LogP contribution in [-0.2, 0) is 0 Å². The minimum atomic E-state index is -0.466. The van der Waals surface area contributed by atoms with Gasteiger partial charge >= 0.3 is 6.03 Å². The molecule has 1 aliphatic rings. The van der Waals surface area contributed by atoms with Crippen molar-refractivity contribution in [1.29, 1.82) is 0 Å². The van der Waals surface area contributed by atoms with E-state index in [4.69, 9.17) is 0 Å². The molecule has 0 aliphatic carbocycles. The van der Waals surface area contributed by atoms with Crippen LogP contribution in [0.3, 0.4) is 0 Å². The Balaban J connectivity index is 2.01. The Kier molecular flexibility index (Phi) is 3.09. The lowest BCUT2D eigenvalue weighted by molar-refractivity contribution is 0.0938. The Hall–Kier alpha value is -2.30. The predicted octanol–water partition coefficient (Wildman–Crippen LogP) is 0.911. The average Bonchev–Trinajstić information content (AvgIpc) is 2.35. The van der Waals surface area contributed by atoms with Crippen molar-refractivity contribution in [1.82, 2.24) is 15.5 Å². The highest BCUT2D eigenvalue weighted by atomic mass is 16.2. The Morgan fingerprint density at radius 3 is 2.71 bits per heavy atom. The first-order chi connectivity index (χ1) is 8.16. The number of urea groups is 1. The second-order valence-electron chi connectivity index (χ2n) is 3.72. The molecule has 5 nitrogen and oxygen atoms in total. The molecule has 0 fully saturated rings. The molecule has 0 spiro atoms. The van der Waals surface area contributed by atoms with Crippen molar-refractivity contribution >= 4 is 11.9 Å². The Morgan fingerprint density at radius 2 is 2.06 bits per heavy atom. The number of benzene rings is 1. The molecule has 1 unspecified atom stereocenters. The maximum Gasteiger partial charge on any atom is 0.322 e. The van der Waals surface area contributed by atoms with Gasteiger partial charge in [0.2, 0.25) is 0 Å². The van der Waals surface area contributed by atoms with E-state index in [0.29, 0.717) is 5.56 Å². The van der Waals surface area contributed by atoms with Crippen LogP contribution < -0.4 is 10.6 Å². The van der Waals surface area contributed by atoms with Gasteiger partial charge in [-0.25, -0.2) is 4.79 Å².